The fourth-order valence-corrected chi connectivity index (χ4v) is 1.95. The molecule has 1 aromatic rings. The molecular formula is C11H13Cl2NO2. The zero-order valence-corrected chi connectivity index (χ0v) is 10.2. The largest absolute Gasteiger partial charge is 0.488 e. The van der Waals surface area contributed by atoms with Crippen LogP contribution in [-0.4, -0.2) is 19.3 Å². The summed E-state index contributed by atoms with van der Waals surface area (Å²) in [6.07, 6.45) is 1.90. The van der Waals surface area contributed by atoms with Gasteiger partial charge in [0.25, 0.3) is 0 Å². The lowest BCUT2D eigenvalue weighted by atomic mass is 10.1. The molecule has 0 aromatic heterocycles. The van der Waals surface area contributed by atoms with Gasteiger partial charge < -0.3 is 15.2 Å². The number of rotatable bonds is 2. The predicted octanol–water partition coefficient (Wildman–Crippen LogP) is 3.13. The molecule has 1 aliphatic rings. The van der Waals surface area contributed by atoms with Crippen molar-refractivity contribution in [1.82, 2.24) is 0 Å². The van der Waals surface area contributed by atoms with Crippen LogP contribution in [0.3, 0.4) is 0 Å². The van der Waals surface area contributed by atoms with Crippen LogP contribution in [0.2, 0.25) is 10.0 Å². The van der Waals surface area contributed by atoms with E-state index in [-0.39, 0.29) is 6.10 Å². The number of hydrogen-bond donors (Lipinski definition) is 1. The summed E-state index contributed by atoms with van der Waals surface area (Å²) in [5, 5.41) is 0.899. The lowest BCUT2D eigenvalue weighted by molar-refractivity contribution is 0.0259. The molecule has 3 nitrogen and oxygen atoms in total. The van der Waals surface area contributed by atoms with Crippen molar-refractivity contribution >= 4 is 28.9 Å². The van der Waals surface area contributed by atoms with E-state index in [0.717, 1.165) is 26.1 Å². The monoisotopic (exact) mass is 261 g/mol. The normalized spacial score (nSPS) is 17.4. The maximum Gasteiger partial charge on any atom is 0.144 e. The van der Waals surface area contributed by atoms with Crippen LogP contribution in [0.5, 0.6) is 5.75 Å². The number of halogens is 2. The van der Waals surface area contributed by atoms with Crippen LogP contribution in [0.4, 0.5) is 5.69 Å². The molecule has 1 saturated heterocycles. The van der Waals surface area contributed by atoms with E-state index in [1.54, 1.807) is 12.1 Å². The lowest BCUT2D eigenvalue weighted by Gasteiger charge is -2.24. The lowest BCUT2D eigenvalue weighted by Crippen LogP contribution is -2.26. The van der Waals surface area contributed by atoms with Crippen molar-refractivity contribution in [3.8, 4) is 5.75 Å². The maximum absolute atomic E-state index is 5.91. The SMILES string of the molecule is Nc1cc(Cl)c(Cl)cc1OC1CCOCC1. The molecule has 1 aromatic carbocycles. The number of hydrogen-bond acceptors (Lipinski definition) is 3. The van der Waals surface area contributed by atoms with Crippen molar-refractivity contribution < 1.29 is 9.47 Å². The fraction of sp³-hybridized carbons (Fsp3) is 0.455. The van der Waals surface area contributed by atoms with Crippen LogP contribution in [0, 0.1) is 0 Å². The Bertz CT molecular complexity index is 378. The Morgan fingerprint density at radius 3 is 2.50 bits per heavy atom. The van der Waals surface area contributed by atoms with Crippen molar-refractivity contribution in [2.75, 3.05) is 18.9 Å². The van der Waals surface area contributed by atoms with Gasteiger partial charge in [0.1, 0.15) is 11.9 Å². The molecular weight excluding hydrogens is 249 g/mol. The minimum Gasteiger partial charge on any atom is -0.488 e. The Kier molecular flexibility index (Phi) is 3.79. The van der Waals surface area contributed by atoms with Crippen LogP contribution in [-0.2, 0) is 4.74 Å². The van der Waals surface area contributed by atoms with Crippen molar-refractivity contribution in [1.29, 1.82) is 0 Å². The molecule has 0 unspecified atom stereocenters. The molecule has 1 fully saturated rings. The highest BCUT2D eigenvalue weighted by Crippen LogP contribution is 2.33. The summed E-state index contributed by atoms with van der Waals surface area (Å²) >= 11 is 11.8. The fourth-order valence-electron chi connectivity index (χ4n) is 1.62. The first kappa shape index (κ1) is 11.8. The summed E-state index contributed by atoms with van der Waals surface area (Å²) < 4.78 is 11.0. The molecule has 5 heteroatoms. The standard InChI is InChI=1S/C11H13Cl2NO2/c12-8-5-10(14)11(6-9(8)13)16-7-1-3-15-4-2-7/h5-7H,1-4,14H2. The van der Waals surface area contributed by atoms with E-state index in [4.69, 9.17) is 38.4 Å². The zero-order chi connectivity index (χ0) is 11.5. The summed E-state index contributed by atoms with van der Waals surface area (Å²) in [7, 11) is 0. The topological polar surface area (TPSA) is 44.5 Å². The second kappa shape index (κ2) is 5.13. The minimum absolute atomic E-state index is 0.147. The van der Waals surface area contributed by atoms with Gasteiger partial charge in [-0.2, -0.15) is 0 Å². The summed E-state index contributed by atoms with van der Waals surface area (Å²) in [5.41, 5.74) is 6.32. The Morgan fingerprint density at radius 1 is 1.19 bits per heavy atom. The van der Waals surface area contributed by atoms with E-state index in [9.17, 15) is 0 Å². The number of benzene rings is 1. The first-order valence-corrected chi connectivity index (χ1v) is 5.91. The van der Waals surface area contributed by atoms with Crippen LogP contribution >= 0.6 is 23.2 Å². The maximum atomic E-state index is 5.91. The molecule has 2 rings (SSSR count). The van der Waals surface area contributed by atoms with E-state index in [0.29, 0.717) is 21.5 Å². The van der Waals surface area contributed by atoms with Crippen molar-refractivity contribution in [2.24, 2.45) is 0 Å². The van der Waals surface area contributed by atoms with Gasteiger partial charge in [0.15, 0.2) is 0 Å². The third-order valence-electron chi connectivity index (χ3n) is 2.51. The first-order chi connectivity index (χ1) is 7.66. The van der Waals surface area contributed by atoms with Gasteiger partial charge in [0.2, 0.25) is 0 Å². The van der Waals surface area contributed by atoms with Crippen LogP contribution in [0.1, 0.15) is 12.8 Å². The third-order valence-corrected chi connectivity index (χ3v) is 3.24. The predicted molar refractivity (Wildman–Crippen MR) is 65.3 cm³/mol. The average molecular weight is 262 g/mol. The smallest absolute Gasteiger partial charge is 0.144 e. The summed E-state index contributed by atoms with van der Waals surface area (Å²) in [4.78, 5) is 0. The molecule has 1 heterocycles. The van der Waals surface area contributed by atoms with E-state index < -0.39 is 0 Å². The molecule has 0 atom stereocenters. The van der Waals surface area contributed by atoms with Gasteiger partial charge >= 0.3 is 0 Å². The third kappa shape index (κ3) is 2.73. The van der Waals surface area contributed by atoms with Crippen LogP contribution in [0.25, 0.3) is 0 Å². The van der Waals surface area contributed by atoms with Gasteiger partial charge in [-0.05, 0) is 6.07 Å². The van der Waals surface area contributed by atoms with Gasteiger partial charge in [-0.25, -0.2) is 0 Å². The van der Waals surface area contributed by atoms with Gasteiger partial charge in [-0.3, -0.25) is 0 Å². The number of anilines is 1. The molecule has 0 radical (unpaired) electrons. The molecule has 0 bridgehead atoms. The molecule has 2 N–H and O–H groups in total. The number of nitrogens with two attached hydrogens (primary N) is 1. The second-order valence-electron chi connectivity index (χ2n) is 3.73. The van der Waals surface area contributed by atoms with Gasteiger partial charge in [0.05, 0.1) is 28.9 Å². The first-order valence-electron chi connectivity index (χ1n) is 5.16. The Labute approximate surface area is 104 Å². The zero-order valence-electron chi connectivity index (χ0n) is 8.71. The minimum atomic E-state index is 0.147. The second-order valence-corrected chi connectivity index (χ2v) is 4.55. The molecule has 0 spiro atoms. The molecule has 1 aliphatic heterocycles. The van der Waals surface area contributed by atoms with Crippen molar-refractivity contribution in [3.63, 3.8) is 0 Å². The highest BCUT2D eigenvalue weighted by Gasteiger charge is 2.17. The van der Waals surface area contributed by atoms with Crippen molar-refractivity contribution in [2.45, 2.75) is 18.9 Å². The highest BCUT2D eigenvalue weighted by molar-refractivity contribution is 6.42. The quantitative estimate of drug-likeness (QED) is 0.833. The summed E-state index contributed by atoms with van der Waals surface area (Å²) in [6, 6.07) is 3.27. The van der Waals surface area contributed by atoms with Gasteiger partial charge in [0, 0.05) is 18.9 Å². The molecule has 0 amide bonds. The van der Waals surface area contributed by atoms with Crippen LogP contribution < -0.4 is 10.5 Å². The van der Waals surface area contributed by atoms with Crippen LogP contribution in [0.15, 0.2) is 12.1 Å². The van der Waals surface area contributed by atoms with Crippen molar-refractivity contribution in [3.05, 3.63) is 22.2 Å². The van der Waals surface area contributed by atoms with E-state index in [1.807, 2.05) is 0 Å². The Hall–Kier alpha value is -0.640. The van der Waals surface area contributed by atoms with E-state index in [2.05, 4.69) is 0 Å². The van der Waals surface area contributed by atoms with E-state index >= 15 is 0 Å². The number of ether oxygens (including phenoxy) is 2. The van der Waals surface area contributed by atoms with Gasteiger partial charge in [-0.1, -0.05) is 23.2 Å². The summed E-state index contributed by atoms with van der Waals surface area (Å²) in [5.74, 6) is 0.598. The Morgan fingerprint density at radius 2 is 1.81 bits per heavy atom. The summed E-state index contributed by atoms with van der Waals surface area (Å²) in [6.45, 7) is 1.46. The molecule has 88 valence electrons. The molecule has 0 saturated carbocycles. The average Bonchev–Trinajstić information content (AvgIpc) is 2.27. The molecule has 0 aliphatic carbocycles. The number of nitrogen functional groups attached to an aromatic ring is 1. The van der Waals surface area contributed by atoms with Gasteiger partial charge in [-0.15, -0.1) is 0 Å². The van der Waals surface area contributed by atoms with E-state index in [1.165, 1.54) is 0 Å². The highest BCUT2D eigenvalue weighted by atomic mass is 35.5. The Balaban J connectivity index is 2.11. The molecule has 16 heavy (non-hydrogen) atoms.